The number of piperidine rings is 1. The topological polar surface area (TPSA) is 86.7 Å². The predicted octanol–water partition coefficient (Wildman–Crippen LogP) is 2.21. The zero-order valence-electron chi connectivity index (χ0n) is 13.0. The lowest BCUT2D eigenvalue weighted by Crippen LogP contribution is -2.43. The molecule has 0 aliphatic carbocycles. The van der Waals surface area contributed by atoms with Gasteiger partial charge in [0, 0.05) is 13.1 Å². The van der Waals surface area contributed by atoms with Gasteiger partial charge in [0.15, 0.2) is 0 Å². The van der Waals surface area contributed by atoms with Crippen LogP contribution in [0.5, 0.6) is 0 Å². The van der Waals surface area contributed by atoms with Crippen LogP contribution in [-0.2, 0) is 20.6 Å². The molecule has 6 nitrogen and oxygen atoms in total. The standard InChI is InChI=1S/C15H20Cl2N2O4S/c16-13-4-3-11(6-14(13)17)10-24(22,23)19-5-1-2-12(9-19)7-18-8-15(20)21/h3-4,6,12,18H,1-2,5,7-10H2,(H,20,21). The van der Waals surface area contributed by atoms with Crippen molar-refractivity contribution in [1.82, 2.24) is 9.62 Å². The number of sulfonamides is 1. The Hall–Kier alpha value is -0.860. The van der Waals surface area contributed by atoms with E-state index in [0.717, 1.165) is 12.8 Å². The fraction of sp³-hybridized carbons (Fsp3) is 0.533. The molecule has 1 aliphatic rings. The van der Waals surface area contributed by atoms with Gasteiger partial charge in [-0.15, -0.1) is 0 Å². The fourth-order valence-corrected chi connectivity index (χ4v) is 4.71. The number of aliphatic carboxylic acids is 1. The van der Waals surface area contributed by atoms with Gasteiger partial charge >= 0.3 is 5.97 Å². The number of hydrogen-bond acceptors (Lipinski definition) is 4. The maximum absolute atomic E-state index is 12.6. The van der Waals surface area contributed by atoms with Crippen molar-refractivity contribution in [3.05, 3.63) is 33.8 Å². The Kier molecular flexibility index (Phi) is 6.88. The minimum atomic E-state index is -3.45. The van der Waals surface area contributed by atoms with Crippen LogP contribution in [0, 0.1) is 5.92 Å². The van der Waals surface area contributed by atoms with Crippen molar-refractivity contribution in [2.24, 2.45) is 5.92 Å². The van der Waals surface area contributed by atoms with Crippen molar-refractivity contribution in [2.75, 3.05) is 26.2 Å². The van der Waals surface area contributed by atoms with E-state index in [1.54, 1.807) is 18.2 Å². The molecular formula is C15H20Cl2N2O4S. The highest BCUT2D eigenvalue weighted by atomic mass is 35.5. The monoisotopic (exact) mass is 394 g/mol. The van der Waals surface area contributed by atoms with Gasteiger partial charge in [-0.2, -0.15) is 0 Å². The number of benzene rings is 1. The molecule has 0 saturated carbocycles. The first-order valence-electron chi connectivity index (χ1n) is 7.62. The summed E-state index contributed by atoms with van der Waals surface area (Å²) in [5.41, 5.74) is 0.593. The quantitative estimate of drug-likeness (QED) is 0.739. The van der Waals surface area contributed by atoms with Gasteiger partial charge in [-0.3, -0.25) is 4.79 Å². The van der Waals surface area contributed by atoms with E-state index in [9.17, 15) is 13.2 Å². The summed E-state index contributed by atoms with van der Waals surface area (Å²) in [6, 6.07) is 4.81. The van der Waals surface area contributed by atoms with Gasteiger partial charge in [-0.25, -0.2) is 12.7 Å². The van der Waals surface area contributed by atoms with E-state index in [1.165, 1.54) is 4.31 Å². The van der Waals surface area contributed by atoms with Crippen LogP contribution in [-0.4, -0.2) is 50.0 Å². The molecule has 1 unspecified atom stereocenters. The first-order chi connectivity index (χ1) is 11.3. The number of carbonyl (C=O) groups is 1. The Morgan fingerprint density at radius 3 is 2.75 bits per heavy atom. The van der Waals surface area contributed by atoms with Crippen LogP contribution in [0.15, 0.2) is 18.2 Å². The second kappa shape index (κ2) is 8.49. The maximum atomic E-state index is 12.6. The Morgan fingerprint density at radius 2 is 2.08 bits per heavy atom. The van der Waals surface area contributed by atoms with Gasteiger partial charge in [-0.05, 0) is 43.0 Å². The lowest BCUT2D eigenvalue weighted by molar-refractivity contribution is -0.136. The van der Waals surface area contributed by atoms with E-state index in [2.05, 4.69) is 5.32 Å². The summed E-state index contributed by atoms with van der Waals surface area (Å²) in [5, 5.41) is 12.2. The zero-order valence-corrected chi connectivity index (χ0v) is 15.4. The van der Waals surface area contributed by atoms with Crippen molar-refractivity contribution in [3.8, 4) is 0 Å². The van der Waals surface area contributed by atoms with E-state index < -0.39 is 16.0 Å². The SMILES string of the molecule is O=C(O)CNCC1CCCN(S(=O)(=O)Cc2ccc(Cl)c(Cl)c2)C1. The van der Waals surface area contributed by atoms with Crippen LogP contribution in [0.3, 0.4) is 0 Å². The number of nitrogens with one attached hydrogen (secondary N) is 1. The Morgan fingerprint density at radius 1 is 1.33 bits per heavy atom. The molecule has 0 radical (unpaired) electrons. The summed E-state index contributed by atoms with van der Waals surface area (Å²) in [6.45, 7) is 1.26. The molecule has 0 spiro atoms. The second-order valence-electron chi connectivity index (χ2n) is 5.90. The van der Waals surface area contributed by atoms with Crippen LogP contribution in [0.1, 0.15) is 18.4 Å². The van der Waals surface area contributed by atoms with E-state index in [1.807, 2.05) is 0 Å². The number of rotatable bonds is 7. The average Bonchev–Trinajstić information content (AvgIpc) is 2.51. The number of hydrogen-bond donors (Lipinski definition) is 2. The molecule has 1 fully saturated rings. The summed E-state index contributed by atoms with van der Waals surface area (Å²) in [7, 11) is -3.45. The summed E-state index contributed by atoms with van der Waals surface area (Å²) in [4.78, 5) is 10.5. The van der Waals surface area contributed by atoms with Gasteiger partial charge < -0.3 is 10.4 Å². The highest BCUT2D eigenvalue weighted by Gasteiger charge is 2.29. The summed E-state index contributed by atoms with van der Waals surface area (Å²) < 4.78 is 26.7. The molecule has 2 rings (SSSR count). The normalized spacial score (nSPS) is 19.3. The summed E-state index contributed by atoms with van der Waals surface area (Å²) in [6.07, 6.45) is 1.64. The molecule has 1 aromatic carbocycles. The summed E-state index contributed by atoms with van der Waals surface area (Å²) >= 11 is 11.8. The molecule has 2 N–H and O–H groups in total. The van der Waals surface area contributed by atoms with E-state index >= 15 is 0 Å². The van der Waals surface area contributed by atoms with E-state index in [-0.39, 0.29) is 18.2 Å². The van der Waals surface area contributed by atoms with Crippen LogP contribution in [0.4, 0.5) is 0 Å². The lowest BCUT2D eigenvalue weighted by atomic mass is 10.00. The van der Waals surface area contributed by atoms with Crippen molar-refractivity contribution < 1.29 is 18.3 Å². The molecule has 0 amide bonds. The van der Waals surface area contributed by atoms with Crippen LogP contribution < -0.4 is 5.32 Å². The Bertz CT molecular complexity index is 697. The molecule has 1 aromatic rings. The molecular weight excluding hydrogens is 375 g/mol. The lowest BCUT2D eigenvalue weighted by Gasteiger charge is -2.32. The first kappa shape index (κ1) is 19.5. The highest BCUT2D eigenvalue weighted by Crippen LogP contribution is 2.25. The highest BCUT2D eigenvalue weighted by molar-refractivity contribution is 7.88. The third kappa shape index (κ3) is 5.60. The second-order valence-corrected chi connectivity index (χ2v) is 8.68. The Balaban J connectivity index is 1.97. The molecule has 24 heavy (non-hydrogen) atoms. The zero-order chi connectivity index (χ0) is 17.7. The number of halogens is 2. The molecule has 0 bridgehead atoms. The minimum Gasteiger partial charge on any atom is -0.480 e. The predicted molar refractivity (Wildman–Crippen MR) is 93.9 cm³/mol. The fourth-order valence-electron chi connectivity index (χ4n) is 2.76. The number of nitrogens with zero attached hydrogens (tertiary/aromatic N) is 1. The van der Waals surface area contributed by atoms with Gasteiger partial charge in [0.25, 0.3) is 0 Å². The molecule has 1 heterocycles. The molecule has 134 valence electrons. The molecule has 0 aromatic heterocycles. The molecule has 1 saturated heterocycles. The van der Waals surface area contributed by atoms with Crippen molar-refractivity contribution in [1.29, 1.82) is 0 Å². The van der Waals surface area contributed by atoms with Crippen LogP contribution in [0.2, 0.25) is 10.0 Å². The van der Waals surface area contributed by atoms with E-state index in [0.29, 0.717) is 35.2 Å². The molecule has 1 atom stereocenters. The maximum Gasteiger partial charge on any atom is 0.317 e. The first-order valence-corrected chi connectivity index (χ1v) is 9.98. The van der Waals surface area contributed by atoms with Gasteiger partial charge in [0.1, 0.15) is 0 Å². The van der Waals surface area contributed by atoms with Gasteiger partial charge in [0.2, 0.25) is 10.0 Å². The Labute approximate surface area is 151 Å². The molecule has 1 aliphatic heterocycles. The van der Waals surface area contributed by atoms with Crippen LogP contribution in [0.25, 0.3) is 0 Å². The van der Waals surface area contributed by atoms with E-state index in [4.69, 9.17) is 28.3 Å². The van der Waals surface area contributed by atoms with Crippen LogP contribution >= 0.6 is 23.2 Å². The average molecular weight is 395 g/mol. The third-order valence-corrected chi connectivity index (χ3v) is 6.47. The number of carboxylic acid groups (broad SMARTS) is 1. The van der Waals surface area contributed by atoms with Gasteiger partial charge in [-0.1, -0.05) is 29.3 Å². The van der Waals surface area contributed by atoms with Crippen molar-refractivity contribution >= 4 is 39.2 Å². The number of carboxylic acids is 1. The minimum absolute atomic E-state index is 0.113. The molecule has 9 heteroatoms. The largest absolute Gasteiger partial charge is 0.480 e. The van der Waals surface area contributed by atoms with Crippen molar-refractivity contribution in [2.45, 2.75) is 18.6 Å². The van der Waals surface area contributed by atoms with Crippen molar-refractivity contribution in [3.63, 3.8) is 0 Å². The third-order valence-electron chi connectivity index (χ3n) is 3.92. The van der Waals surface area contributed by atoms with Gasteiger partial charge in [0.05, 0.1) is 22.3 Å². The smallest absolute Gasteiger partial charge is 0.317 e. The summed E-state index contributed by atoms with van der Waals surface area (Å²) in [5.74, 6) is -0.935.